The first-order valence-electron chi connectivity index (χ1n) is 10.8. The van der Waals surface area contributed by atoms with Crippen LogP contribution in [0.15, 0.2) is 34.2 Å². The molecule has 3 aromatic rings. The molecule has 0 radical (unpaired) electrons. The Morgan fingerprint density at radius 2 is 1.87 bits per heavy atom. The van der Waals surface area contributed by atoms with Crippen LogP contribution in [0, 0.1) is 5.82 Å². The van der Waals surface area contributed by atoms with Gasteiger partial charge >= 0.3 is 0 Å². The molecule has 0 aliphatic heterocycles. The molecule has 5 nitrogen and oxygen atoms in total. The van der Waals surface area contributed by atoms with Gasteiger partial charge in [-0.3, -0.25) is 9.36 Å². The molecule has 0 spiro atoms. The molecule has 30 heavy (non-hydrogen) atoms. The number of nitrogens with zero attached hydrogens (tertiary/aromatic N) is 3. The quantitative estimate of drug-likeness (QED) is 0.449. The van der Waals surface area contributed by atoms with E-state index in [0.717, 1.165) is 60.7 Å². The Balaban J connectivity index is 1.56. The topological polar surface area (TPSA) is 59.3 Å². The average molecular weight is 425 g/mol. The number of anilines is 1. The third-order valence-electron chi connectivity index (χ3n) is 6.21. The molecule has 5 rings (SSSR count). The summed E-state index contributed by atoms with van der Waals surface area (Å²) in [6.45, 7) is 0. The molecular formula is C23H25FN4OS. The number of nitrogens with one attached hydrogen (secondary N) is 1. The van der Waals surface area contributed by atoms with E-state index in [1.807, 2.05) is 4.57 Å². The van der Waals surface area contributed by atoms with Gasteiger partial charge in [0.25, 0.3) is 5.56 Å². The summed E-state index contributed by atoms with van der Waals surface area (Å²) in [4.78, 5) is 20.6. The van der Waals surface area contributed by atoms with Crippen LogP contribution in [0.1, 0.15) is 67.0 Å². The number of fused-ring (bicyclic) bond motifs is 3. The predicted molar refractivity (Wildman–Crippen MR) is 120 cm³/mol. The van der Waals surface area contributed by atoms with Gasteiger partial charge in [-0.2, -0.15) is 5.10 Å². The average Bonchev–Trinajstić information content (AvgIpc) is 3.14. The normalized spacial score (nSPS) is 17.5. The highest BCUT2D eigenvalue weighted by molar-refractivity contribution is 7.18. The minimum Gasteiger partial charge on any atom is -0.274 e. The first-order valence-corrected chi connectivity index (χ1v) is 11.6. The van der Waals surface area contributed by atoms with E-state index >= 15 is 0 Å². The molecule has 2 aliphatic rings. The standard InChI is InChI=1S/C23H25FN4OS/c24-16-12-10-15(11-13-16)14-25-27-23-26-21-20(18-8-4-5-9-19(18)30-21)22(29)28(23)17-6-2-1-3-7-17/h10-14,17H,1-9H2,(H,26,27)/b25-14+. The Hall–Kier alpha value is -2.54. The van der Waals surface area contributed by atoms with Crippen LogP contribution in [-0.4, -0.2) is 15.8 Å². The molecule has 2 heterocycles. The fourth-order valence-corrected chi connectivity index (χ4v) is 5.94. The van der Waals surface area contributed by atoms with Crippen molar-refractivity contribution in [3.63, 3.8) is 0 Å². The summed E-state index contributed by atoms with van der Waals surface area (Å²) < 4.78 is 15.0. The lowest BCUT2D eigenvalue weighted by Crippen LogP contribution is -2.29. The summed E-state index contributed by atoms with van der Waals surface area (Å²) in [6.07, 6.45) is 11.5. The van der Waals surface area contributed by atoms with Crippen LogP contribution in [0.2, 0.25) is 0 Å². The number of benzene rings is 1. The van der Waals surface area contributed by atoms with Crippen LogP contribution in [-0.2, 0) is 12.8 Å². The van der Waals surface area contributed by atoms with E-state index in [1.165, 1.54) is 35.4 Å². The molecule has 0 bridgehead atoms. The van der Waals surface area contributed by atoms with Gasteiger partial charge in [0, 0.05) is 10.9 Å². The number of aryl methyl sites for hydroxylation is 2. The highest BCUT2D eigenvalue weighted by Gasteiger charge is 2.26. The Labute approximate surface area is 178 Å². The molecule has 0 unspecified atom stereocenters. The van der Waals surface area contributed by atoms with Gasteiger partial charge in [0.15, 0.2) is 0 Å². The minimum absolute atomic E-state index is 0.0748. The second-order valence-electron chi connectivity index (χ2n) is 8.22. The maximum atomic E-state index is 13.6. The zero-order chi connectivity index (χ0) is 20.5. The summed E-state index contributed by atoms with van der Waals surface area (Å²) in [6, 6.07) is 6.29. The Morgan fingerprint density at radius 1 is 1.10 bits per heavy atom. The molecule has 0 saturated heterocycles. The first-order chi connectivity index (χ1) is 14.7. The molecule has 7 heteroatoms. The smallest absolute Gasteiger partial charge is 0.264 e. The number of hydrogen-bond acceptors (Lipinski definition) is 5. The fourth-order valence-electron chi connectivity index (χ4n) is 4.69. The van der Waals surface area contributed by atoms with Crippen molar-refractivity contribution in [2.75, 3.05) is 5.43 Å². The van der Waals surface area contributed by atoms with E-state index < -0.39 is 0 Å². The van der Waals surface area contributed by atoms with Crippen LogP contribution < -0.4 is 11.0 Å². The van der Waals surface area contributed by atoms with E-state index in [1.54, 1.807) is 29.7 Å². The molecule has 1 N–H and O–H groups in total. The zero-order valence-corrected chi connectivity index (χ0v) is 17.7. The molecule has 156 valence electrons. The Bertz CT molecular complexity index is 1140. The van der Waals surface area contributed by atoms with E-state index in [4.69, 9.17) is 4.98 Å². The molecule has 0 atom stereocenters. The number of rotatable bonds is 4. The second-order valence-corrected chi connectivity index (χ2v) is 9.30. The lowest BCUT2D eigenvalue weighted by atomic mass is 9.94. The lowest BCUT2D eigenvalue weighted by Gasteiger charge is -2.25. The van der Waals surface area contributed by atoms with Crippen LogP contribution >= 0.6 is 11.3 Å². The van der Waals surface area contributed by atoms with Crippen molar-refractivity contribution in [2.45, 2.75) is 63.8 Å². The number of aromatic nitrogens is 2. The van der Waals surface area contributed by atoms with Crippen LogP contribution in [0.25, 0.3) is 10.2 Å². The number of hydrogen-bond donors (Lipinski definition) is 1. The van der Waals surface area contributed by atoms with Gasteiger partial charge in [-0.1, -0.05) is 31.4 Å². The van der Waals surface area contributed by atoms with Crippen molar-refractivity contribution in [1.29, 1.82) is 0 Å². The lowest BCUT2D eigenvalue weighted by molar-refractivity contribution is 0.348. The summed E-state index contributed by atoms with van der Waals surface area (Å²) in [7, 11) is 0. The summed E-state index contributed by atoms with van der Waals surface area (Å²) in [5.41, 5.74) is 5.10. The monoisotopic (exact) mass is 424 g/mol. The van der Waals surface area contributed by atoms with Crippen LogP contribution in [0.5, 0.6) is 0 Å². The maximum absolute atomic E-state index is 13.6. The minimum atomic E-state index is -0.278. The van der Waals surface area contributed by atoms with E-state index in [0.29, 0.717) is 5.95 Å². The van der Waals surface area contributed by atoms with Crippen molar-refractivity contribution in [3.05, 3.63) is 56.4 Å². The molecule has 1 saturated carbocycles. The summed E-state index contributed by atoms with van der Waals surface area (Å²) in [5, 5.41) is 5.14. The Kier molecular flexibility index (Phi) is 5.37. The zero-order valence-electron chi connectivity index (χ0n) is 16.9. The van der Waals surface area contributed by atoms with E-state index in [-0.39, 0.29) is 17.4 Å². The Morgan fingerprint density at radius 3 is 2.67 bits per heavy atom. The van der Waals surface area contributed by atoms with Crippen LogP contribution in [0.3, 0.4) is 0 Å². The molecule has 0 amide bonds. The second kappa shape index (κ2) is 8.30. The van der Waals surface area contributed by atoms with Gasteiger partial charge in [-0.05, 0) is 61.8 Å². The third kappa shape index (κ3) is 3.67. The number of hydrazone groups is 1. The molecule has 1 fully saturated rings. The predicted octanol–water partition coefficient (Wildman–Crippen LogP) is 5.43. The van der Waals surface area contributed by atoms with E-state index in [2.05, 4.69) is 10.5 Å². The summed E-state index contributed by atoms with van der Waals surface area (Å²) >= 11 is 1.66. The SMILES string of the molecule is O=c1c2c3c(sc2nc(N/N=C/c2ccc(F)cc2)n1C1CCCCC1)CCCC3. The molecule has 2 aliphatic carbocycles. The highest BCUT2D eigenvalue weighted by atomic mass is 32.1. The van der Waals surface area contributed by atoms with Gasteiger partial charge < -0.3 is 0 Å². The summed E-state index contributed by atoms with van der Waals surface area (Å²) in [5.74, 6) is 0.233. The van der Waals surface area contributed by atoms with Gasteiger partial charge in [-0.15, -0.1) is 11.3 Å². The van der Waals surface area contributed by atoms with Crippen molar-refractivity contribution >= 4 is 33.7 Å². The number of thiophene rings is 1. The highest BCUT2D eigenvalue weighted by Crippen LogP contribution is 2.36. The van der Waals surface area contributed by atoms with Gasteiger partial charge in [-0.25, -0.2) is 14.8 Å². The fraction of sp³-hybridized carbons (Fsp3) is 0.435. The molecule has 2 aromatic heterocycles. The molecule has 1 aromatic carbocycles. The van der Waals surface area contributed by atoms with Crippen LogP contribution in [0.4, 0.5) is 10.3 Å². The van der Waals surface area contributed by atoms with Gasteiger partial charge in [0.1, 0.15) is 10.6 Å². The van der Waals surface area contributed by atoms with Gasteiger partial charge in [0.2, 0.25) is 5.95 Å². The van der Waals surface area contributed by atoms with Crippen molar-refractivity contribution in [1.82, 2.24) is 9.55 Å². The maximum Gasteiger partial charge on any atom is 0.264 e. The third-order valence-corrected chi connectivity index (χ3v) is 7.39. The van der Waals surface area contributed by atoms with Crippen molar-refractivity contribution in [2.24, 2.45) is 5.10 Å². The first kappa shape index (κ1) is 19.4. The van der Waals surface area contributed by atoms with Crippen molar-refractivity contribution in [3.8, 4) is 0 Å². The van der Waals surface area contributed by atoms with E-state index in [9.17, 15) is 9.18 Å². The largest absolute Gasteiger partial charge is 0.274 e. The van der Waals surface area contributed by atoms with Gasteiger partial charge in [0.05, 0.1) is 11.6 Å². The number of halogens is 1. The molecular weight excluding hydrogens is 399 g/mol. The van der Waals surface area contributed by atoms with Crippen molar-refractivity contribution < 1.29 is 4.39 Å².